The molecule has 4 rings (SSSR count). The molecule has 3 aromatic heterocycles. The molecule has 1 aliphatic heterocycles. The van der Waals surface area contributed by atoms with Crippen molar-refractivity contribution in [2.45, 2.75) is 19.8 Å². The van der Waals surface area contributed by atoms with Gasteiger partial charge >= 0.3 is 0 Å². The Kier molecular flexibility index (Phi) is 5.45. The number of nitrogens with one attached hydrogen (secondary N) is 2. The average molecular weight is 387 g/mol. The van der Waals surface area contributed by atoms with E-state index < -0.39 is 0 Å². The van der Waals surface area contributed by atoms with E-state index in [1.54, 1.807) is 10.9 Å². The Morgan fingerprint density at radius 1 is 1.28 bits per heavy atom. The molecule has 0 unspecified atom stereocenters. The van der Waals surface area contributed by atoms with Crippen molar-refractivity contribution in [3.8, 4) is 23.6 Å². The summed E-state index contributed by atoms with van der Waals surface area (Å²) in [4.78, 5) is 8.99. The average Bonchev–Trinajstić information content (AvgIpc) is 3.37. The fraction of sp³-hybridized carbons (Fsp3) is 0.318. The van der Waals surface area contributed by atoms with E-state index in [9.17, 15) is 0 Å². The fourth-order valence-corrected chi connectivity index (χ4v) is 3.66. The summed E-state index contributed by atoms with van der Waals surface area (Å²) in [6, 6.07) is 0. The first-order valence-electron chi connectivity index (χ1n) is 9.79. The SMILES string of the molecule is C#C/C(=C\C=C(/C)C1CCNCC1)Nc1nccn2c(-c3cnn(C)c3)cnc12. The van der Waals surface area contributed by atoms with Gasteiger partial charge in [-0.2, -0.15) is 5.10 Å². The van der Waals surface area contributed by atoms with Gasteiger partial charge in [-0.15, -0.1) is 6.42 Å². The predicted molar refractivity (Wildman–Crippen MR) is 115 cm³/mol. The first-order valence-corrected chi connectivity index (χ1v) is 9.79. The maximum atomic E-state index is 5.74. The lowest BCUT2D eigenvalue weighted by molar-refractivity contribution is 0.420. The van der Waals surface area contributed by atoms with Crippen LogP contribution >= 0.6 is 0 Å². The number of imidazole rings is 1. The van der Waals surface area contributed by atoms with Crippen molar-refractivity contribution in [2.75, 3.05) is 18.4 Å². The van der Waals surface area contributed by atoms with Gasteiger partial charge in [-0.1, -0.05) is 17.6 Å². The minimum Gasteiger partial charge on any atom is -0.330 e. The number of nitrogens with zero attached hydrogens (tertiary/aromatic N) is 5. The third-order valence-electron chi connectivity index (χ3n) is 5.33. The highest BCUT2D eigenvalue weighted by Crippen LogP contribution is 2.24. The molecule has 0 atom stereocenters. The summed E-state index contributed by atoms with van der Waals surface area (Å²) in [6.45, 7) is 4.32. The van der Waals surface area contributed by atoms with Crippen molar-refractivity contribution in [3.05, 3.63) is 54.4 Å². The van der Waals surface area contributed by atoms with E-state index in [1.807, 2.05) is 42.3 Å². The molecule has 1 fully saturated rings. The van der Waals surface area contributed by atoms with Crippen LogP contribution in [0.2, 0.25) is 0 Å². The summed E-state index contributed by atoms with van der Waals surface area (Å²) in [5.74, 6) is 3.96. The molecule has 29 heavy (non-hydrogen) atoms. The van der Waals surface area contributed by atoms with E-state index in [1.165, 1.54) is 18.4 Å². The minimum absolute atomic E-state index is 0.613. The van der Waals surface area contributed by atoms with Gasteiger partial charge in [0, 0.05) is 31.2 Å². The number of rotatable bonds is 5. The molecule has 7 heteroatoms. The van der Waals surface area contributed by atoms with Gasteiger partial charge in [-0.05, 0) is 44.8 Å². The van der Waals surface area contributed by atoms with Crippen molar-refractivity contribution in [1.82, 2.24) is 29.5 Å². The first kappa shape index (κ1) is 19.0. The number of hydrogen-bond acceptors (Lipinski definition) is 5. The predicted octanol–water partition coefficient (Wildman–Crippen LogP) is 3.00. The molecule has 3 aromatic rings. The number of hydrogen-bond donors (Lipinski definition) is 2. The Labute approximate surface area is 170 Å². The van der Waals surface area contributed by atoms with E-state index in [4.69, 9.17) is 6.42 Å². The molecule has 1 saturated heterocycles. The van der Waals surface area contributed by atoms with Crippen LogP contribution in [0.15, 0.2) is 54.4 Å². The molecule has 0 amide bonds. The highest BCUT2D eigenvalue weighted by atomic mass is 15.2. The van der Waals surface area contributed by atoms with Crippen molar-refractivity contribution in [3.63, 3.8) is 0 Å². The fourth-order valence-electron chi connectivity index (χ4n) is 3.66. The summed E-state index contributed by atoms with van der Waals surface area (Å²) >= 11 is 0. The van der Waals surface area contributed by atoms with Gasteiger partial charge in [0.15, 0.2) is 11.5 Å². The van der Waals surface area contributed by atoms with E-state index >= 15 is 0 Å². The Bertz CT molecular complexity index is 1100. The first-order chi connectivity index (χ1) is 14.2. The number of fused-ring (bicyclic) bond motifs is 1. The van der Waals surface area contributed by atoms with E-state index in [2.05, 4.69) is 44.6 Å². The Morgan fingerprint density at radius 3 is 2.83 bits per heavy atom. The Hall–Kier alpha value is -3.37. The second-order valence-electron chi connectivity index (χ2n) is 7.30. The monoisotopic (exact) mass is 387 g/mol. The highest BCUT2D eigenvalue weighted by Gasteiger charge is 2.14. The molecule has 0 radical (unpaired) electrons. The molecular formula is C22H25N7. The lowest BCUT2D eigenvalue weighted by Gasteiger charge is -2.23. The standard InChI is InChI=1S/C22H25N7/c1-4-19(6-5-16(2)17-7-9-23-10-8-17)27-21-22-25-14-20(29(22)12-11-24-21)18-13-26-28(3)15-18/h1,5-6,11-15,17,23H,7-10H2,2-3H3,(H,24,27)/b16-5+,19-6+. The lowest BCUT2D eigenvalue weighted by atomic mass is 9.90. The largest absolute Gasteiger partial charge is 0.330 e. The quantitative estimate of drug-likeness (QED) is 0.520. The van der Waals surface area contributed by atoms with Crippen LogP contribution in [0.5, 0.6) is 0 Å². The number of anilines is 1. The van der Waals surface area contributed by atoms with Crippen LogP contribution < -0.4 is 10.6 Å². The number of piperidine rings is 1. The molecule has 0 aromatic carbocycles. The van der Waals surface area contributed by atoms with Gasteiger partial charge < -0.3 is 10.6 Å². The van der Waals surface area contributed by atoms with Gasteiger partial charge in [-0.3, -0.25) is 9.08 Å². The molecule has 7 nitrogen and oxygen atoms in total. The van der Waals surface area contributed by atoms with E-state index in [0.717, 1.165) is 24.3 Å². The van der Waals surface area contributed by atoms with Gasteiger partial charge in [0.2, 0.25) is 0 Å². The van der Waals surface area contributed by atoms with Crippen molar-refractivity contribution in [1.29, 1.82) is 0 Å². The van der Waals surface area contributed by atoms with Gasteiger partial charge in [0.25, 0.3) is 0 Å². The third kappa shape index (κ3) is 4.08. The van der Waals surface area contributed by atoms with Crippen LogP contribution in [-0.4, -0.2) is 37.2 Å². The topological polar surface area (TPSA) is 72.1 Å². The van der Waals surface area contributed by atoms with Crippen LogP contribution in [0, 0.1) is 18.3 Å². The van der Waals surface area contributed by atoms with Crippen molar-refractivity contribution in [2.24, 2.45) is 13.0 Å². The highest BCUT2D eigenvalue weighted by molar-refractivity contribution is 5.72. The number of terminal acetylenes is 1. The molecule has 2 N–H and O–H groups in total. The van der Waals surface area contributed by atoms with Gasteiger partial charge in [-0.25, -0.2) is 9.97 Å². The number of aromatic nitrogens is 5. The molecule has 1 aliphatic rings. The van der Waals surface area contributed by atoms with Crippen molar-refractivity contribution < 1.29 is 0 Å². The number of aryl methyl sites for hydroxylation is 1. The maximum Gasteiger partial charge on any atom is 0.180 e. The van der Waals surface area contributed by atoms with Crippen LogP contribution in [0.3, 0.4) is 0 Å². The van der Waals surface area contributed by atoms with Crippen molar-refractivity contribution >= 4 is 11.5 Å². The maximum absolute atomic E-state index is 5.74. The van der Waals surface area contributed by atoms with Crippen LogP contribution in [0.25, 0.3) is 16.9 Å². The van der Waals surface area contributed by atoms with E-state index in [-0.39, 0.29) is 0 Å². The zero-order chi connectivity index (χ0) is 20.2. The zero-order valence-corrected chi connectivity index (χ0v) is 16.8. The second kappa shape index (κ2) is 8.33. The molecule has 0 saturated carbocycles. The molecule has 4 heterocycles. The zero-order valence-electron chi connectivity index (χ0n) is 16.8. The summed E-state index contributed by atoms with van der Waals surface area (Å²) in [6.07, 6.45) is 21.4. The normalized spacial score (nSPS) is 16.2. The van der Waals surface area contributed by atoms with Crippen LogP contribution in [0.1, 0.15) is 19.8 Å². The van der Waals surface area contributed by atoms with E-state index in [0.29, 0.717) is 23.1 Å². The molecule has 148 valence electrons. The molecule has 0 spiro atoms. The van der Waals surface area contributed by atoms with Gasteiger partial charge in [0.05, 0.1) is 23.8 Å². The smallest absolute Gasteiger partial charge is 0.180 e. The lowest BCUT2D eigenvalue weighted by Crippen LogP contribution is -2.28. The summed E-state index contributed by atoms with van der Waals surface area (Å²) in [5.41, 5.74) is 4.67. The van der Waals surface area contributed by atoms with Crippen LogP contribution in [0.4, 0.5) is 5.82 Å². The molecular weight excluding hydrogens is 362 g/mol. The number of allylic oxidation sites excluding steroid dienone is 4. The second-order valence-corrected chi connectivity index (χ2v) is 7.30. The summed E-state index contributed by atoms with van der Waals surface area (Å²) in [5, 5.41) is 10.9. The third-order valence-corrected chi connectivity index (χ3v) is 5.33. The minimum atomic E-state index is 0.613. The van der Waals surface area contributed by atoms with Crippen LogP contribution in [-0.2, 0) is 7.05 Å². The summed E-state index contributed by atoms with van der Waals surface area (Å²) < 4.78 is 3.75. The molecule has 0 bridgehead atoms. The Balaban J connectivity index is 1.59. The van der Waals surface area contributed by atoms with Gasteiger partial charge in [0.1, 0.15) is 0 Å². The summed E-state index contributed by atoms with van der Waals surface area (Å²) in [7, 11) is 1.89. The molecule has 0 aliphatic carbocycles. The Morgan fingerprint density at radius 2 is 2.10 bits per heavy atom.